The van der Waals surface area contributed by atoms with Gasteiger partial charge in [0.1, 0.15) is 18.1 Å². The largest absolute Gasteiger partial charge is 0.467 e. The van der Waals surface area contributed by atoms with Gasteiger partial charge in [-0.2, -0.15) is 0 Å². The second kappa shape index (κ2) is 13.3. The van der Waals surface area contributed by atoms with Crippen LogP contribution in [0.1, 0.15) is 50.5 Å². The summed E-state index contributed by atoms with van der Waals surface area (Å²) in [5.74, 6) is -1.77. The lowest BCUT2D eigenvalue weighted by Crippen LogP contribution is -2.63. The molecule has 0 unspecified atom stereocenters. The van der Waals surface area contributed by atoms with Gasteiger partial charge in [-0.25, -0.2) is 4.79 Å². The van der Waals surface area contributed by atoms with Crippen LogP contribution in [0.5, 0.6) is 0 Å². The fourth-order valence-electron chi connectivity index (χ4n) is 3.63. The summed E-state index contributed by atoms with van der Waals surface area (Å²) >= 11 is 0. The van der Waals surface area contributed by atoms with Crippen LogP contribution in [0.3, 0.4) is 0 Å². The number of nitrogens with one attached hydrogen (secondary N) is 3. The van der Waals surface area contributed by atoms with Crippen LogP contribution in [0.15, 0.2) is 43.0 Å². The number of carbonyl (C=O) groups excluding carboxylic acids is 4. The van der Waals surface area contributed by atoms with E-state index in [2.05, 4.69) is 22.5 Å². The SMILES string of the molecule is C=CCCCCCC[C@@H](NC(=O)C[C@@H]1NC(=O)[C@H](Cc2ccccc2)NC1=O)C(=O)OC. The number of methoxy groups -OCH3 is 1. The molecular formula is C24H33N3O5. The Bertz CT molecular complexity index is 796. The van der Waals surface area contributed by atoms with Gasteiger partial charge >= 0.3 is 5.97 Å². The first kappa shape index (κ1) is 25.1. The summed E-state index contributed by atoms with van der Waals surface area (Å²) in [5.41, 5.74) is 0.926. The molecule has 0 aliphatic carbocycles. The fraction of sp³-hybridized carbons (Fsp3) is 0.500. The van der Waals surface area contributed by atoms with Gasteiger partial charge in [-0.15, -0.1) is 6.58 Å². The molecule has 1 saturated heterocycles. The number of unbranched alkanes of at least 4 members (excludes halogenated alkanes) is 4. The Labute approximate surface area is 189 Å². The number of amides is 3. The van der Waals surface area contributed by atoms with Crippen LogP contribution in [-0.4, -0.2) is 48.9 Å². The van der Waals surface area contributed by atoms with Gasteiger partial charge in [0.05, 0.1) is 13.5 Å². The van der Waals surface area contributed by atoms with Gasteiger partial charge in [0.2, 0.25) is 17.7 Å². The van der Waals surface area contributed by atoms with Crippen LogP contribution < -0.4 is 16.0 Å². The molecule has 3 N–H and O–H groups in total. The van der Waals surface area contributed by atoms with Crippen molar-refractivity contribution >= 4 is 23.7 Å². The Kier molecular flexibility index (Phi) is 10.4. The van der Waals surface area contributed by atoms with E-state index in [4.69, 9.17) is 4.74 Å². The fourth-order valence-corrected chi connectivity index (χ4v) is 3.63. The van der Waals surface area contributed by atoms with Crippen LogP contribution >= 0.6 is 0 Å². The molecule has 174 valence electrons. The topological polar surface area (TPSA) is 114 Å². The van der Waals surface area contributed by atoms with E-state index in [0.29, 0.717) is 12.8 Å². The van der Waals surface area contributed by atoms with Crippen molar-refractivity contribution in [3.8, 4) is 0 Å². The summed E-state index contributed by atoms with van der Waals surface area (Å²) in [6, 6.07) is 6.92. The highest BCUT2D eigenvalue weighted by Crippen LogP contribution is 2.11. The van der Waals surface area contributed by atoms with Gasteiger partial charge in [-0.1, -0.05) is 55.7 Å². The van der Waals surface area contributed by atoms with Gasteiger partial charge < -0.3 is 20.7 Å². The van der Waals surface area contributed by atoms with Gasteiger partial charge in [0, 0.05) is 6.42 Å². The minimum Gasteiger partial charge on any atom is -0.467 e. The molecule has 1 aromatic carbocycles. The van der Waals surface area contributed by atoms with Crippen LogP contribution in [0.4, 0.5) is 0 Å². The van der Waals surface area contributed by atoms with E-state index in [1.807, 2.05) is 36.4 Å². The number of allylic oxidation sites excluding steroid dienone is 1. The Morgan fingerprint density at radius 3 is 2.41 bits per heavy atom. The van der Waals surface area contributed by atoms with E-state index in [-0.39, 0.29) is 12.3 Å². The number of ether oxygens (including phenoxy) is 1. The molecule has 3 atom stereocenters. The van der Waals surface area contributed by atoms with E-state index in [1.54, 1.807) is 0 Å². The summed E-state index contributed by atoms with van der Waals surface area (Å²) < 4.78 is 4.79. The normalized spacial score (nSPS) is 18.8. The average Bonchev–Trinajstić information content (AvgIpc) is 2.78. The number of carbonyl (C=O) groups is 4. The summed E-state index contributed by atoms with van der Waals surface area (Å²) in [6.45, 7) is 3.69. The summed E-state index contributed by atoms with van der Waals surface area (Å²) in [5, 5.41) is 7.95. The van der Waals surface area contributed by atoms with Gasteiger partial charge in [-0.3, -0.25) is 14.4 Å². The first-order valence-corrected chi connectivity index (χ1v) is 11.1. The standard InChI is InChI=1S/C24H33N3O5/c1-3-4-5-6-7-11-14-18(24(31)32-2)25-21(28)16-20-23(30)26-19(22(29)27-20)15-17-12-9-8-10-13-17/h3,8-10,12-13,18-20H,1,4-7,11,14-16H2,2H3,(H,25,28)(H,26,30)(H,27,29)/t18-,19+,20+/m1/s1. The Balaban J connectivity index is 1.83. The highest BCUT2D eigenvalue weighted by Gasteiger charge is 2.35. The molecule has 0 bridgehead atoms. The Morgan fingerprint density at radius 2 is 1.72 bits per heavy atom. The second-order valence-corrected chi connectivity index (χ2v) is 7.94. The third-order valence-corrected chi connectivity index (χ3v) is 5.41. The van der Waals surface area contributed by atoms with E-state index in [1.165, 1.54) is 7.11 Å². The number of esters is 1. The zero-order valence-electron chi connectivity index (χ0n) is 18.6. The van der Waals surface area contributed by atoms with Crippen molar-refractivity contribution in [3.63, 3.8) is 0 Å². The maximum Gasteiger partial charge on any atom is 0.328 e. The lowest BCUT2D eigenvalue weighted by Gasteiger charge is -2.29. The zero-order chi connectivity index (χ0) is 23.3. The molecule has 3 amide bonds. The van der Waals surface area contributed by atoms with E-state index in [9.17, 15) is 19.2 Å². The van der Waals surface area contributed by atoms with Crippen molar-refractivity contribution in [2.45, 2.75) is 69.5 Å². The molecule has 0 spiro atoms. The van der Waals surface area contributed by atoms with Crippen molar-refractivity contribution < 1.29 is 23.9 Å². The van der Waals surface area contributed by atoms with Gasteiger partial charge in [0.25, 0.3) is 0 Å². The second-order valence-electron chi connectivity index (χ2n) is 7.94. The van der Waals surface area contributed by atoms with Crippen molar-refractivity contribution in [3.05, 3.63) is 48.6 Å². The third kappa shape index (κ3) is 8.17. The minimum absolute atomic E-state index is 0.248. The summed E-state index contributed by atoms with van der Waals surface area (Å²) in [6.07, 6.45) is 7.17. The molecule has 1 aliphatic heterocycles. The number of piperazine rings is 1. The maximum absolute atomic E-state index is 12.5. The molecule has 8 nitrogen and oxygen atoms in total. The smallest absolute Gasteiger partial charge is 0.328 e. The van der Waals surface area contributed by atoms with Gasteiger partial charge in [0.15, 0.2) is 0 Å². The lowest BCUT2D eigenvalue weighted by molar-refractivity contribution is -0.145. The van der Waals surface area contributed by atoms with E-state index >= 15 is 0 Å². The number of rotatable bonds is 13. The Hall–Kier alpha value is -3.16. The predicted molar refractivity (Wildman–Crippen MR) is 120 cm³/mol. The van der Waals surface area contributed by atoms with Crippen molar-refractivity contribution in [1.82, 2.24) is 16.0 Å². The molecule has 1 aromatic rings. The minimum atomic E-state index is -0.980. The van der Waals surface area contributed by atoms with Crippen molar-refractivity contribution in [2.24, 2.45) is 0 Å². The van der Waals surface area contributed by atoms with Crippen LogP contribution in [-0.2, 0) is 30.3 Å². The average molecular weight is 444 g/mol. The molecule has 32 heavy (non-hydrogen) atoms. The summed E-state index contributed by atoms with van der Waals surface area (Å²) in [4.78, 5) is 49.4. The molecule has 2 rings (SSSR count). The lowest BCUT2D eigenvalue weighted by atomic mass is 10.0. The Morgan fingerprint density at radius 1 is 1.06 bits per heavy atom. The molecule has 0 saturated carbocycles. The molecule has 8 heteroatoms. The number of benzene rings is 1. The van der Waals surface area contributed by atoms with Crippen LogP contribution in [0.2, 0.25) is 0 Å². The van der Waals surface area contributed by atoms with E-state index in [0.717, 1.165) is 37.7 Å². The molecule has 1 aliphatic rings. The number of hydrogen-bond donors (Lipinski definition) is 3. The monoisotopic (exact) mass is 443 g/mol. The summed E-state index contributed by atoms with van der Waals surface area (Å²) in [7, 11) is 1.27. The number of hydrogen-bond acceptors (Lipinski definition) is 5. The third-order valence-electron chi connectivity index (χ3n) is 5.41. The quantitative estimate of drug-likeness (QED) is 0.244. The maximum atomic E-state index is 12.5. The first-order chi connectivity index (χ1) is 15.4. The molecule has 0 aromatic heterocycles. The molecule has 1 fully saturated rings. The molecular weight excluding hydrogens is 410 g/mol. The first-order valence-electron chi connectivity index (χ1n) is 11.1. The zero-order valence-corrected chi connectivity index (χ0v) is 18.6. The van der Waals surface area contributed by atoms with E-state index < -0.39 is 35.9 Å². The van der Waals surface area contributed by atoms with Crippen LogP contribution in [0, 0.1) is 0 Å². The molecule has 0 radical (unpaired) electrons. The highest BCUT2D eigenvalue weighted by molar-refractivity contribution is 5.99. The van der Waals surface area contributed by atoms with Gasteiger partial charge in [-0.05, 0) is 24.8 Å². The highest BCUT2D eigenvalue weighted by atomic mass is 16.5. The predicted octanol–water partition coefficient (Wildman–Crippen LogP) is 1.79. The molecule has 1 heterocycles. The van der Waals surface area contributed by atoms with Crippen LogP contribution in [0.25, 0.3) is 0 Å². The van der Waals surface area contributed by atoms with Crippen molar-refractivity contribution in [2.75, 3.05) is 7.11 Å². The van der Waals surface area contributed by atoms with Crippen molar-refractivity contribution in [1.29, 1.82) is 0 Å².